The molecule has 1 radical (unpaired) electrons. The topological polar surface area (TPSA) is 104 Å². The van der Waals surface area contributed by atoms with E-state index in [1.165, 1.54) is 6.08 Å². The van der Waals surface area contributed by atoms with Crippen molar-refractivity contribution < 1.29 is 23.0 Å². The van der Waals surface area contributed by atoms with Crippen molar-refractivity contribution in [3.8, 4) is 0 Å². The van der Waals surface area contributed by atoms with E-state index in [4.69, 9.17) is 5.21 Å². The molecular weight excluding hydrogens is 378 g/mol. The maximum Gasteiger partial charge on any atom is 0.308 e. The van der Waals surface area contributed by atoms with Gasteiger partial charge in [-0.15, -0.1) is 0 Å². The van der Waals surface area contributed by atoms with E-state index < -0.39 is 14.9 Å². The Hall–Kier alpha value is -3.03. The minimum atomic E-state index is -4.48. The van der Waals surface area contributed by atoms with Crippen LogP contribution in [0.25, 0.3) is 0 Å². The van der Waals surface area contributed by atoms with Gasteiger partial charge in [0.2, 0.25) is 5.78 Å². The van der Waals surface area contributed by atoms with Gasteiger partial charge in [-0.1, -0.05) is 102 Å². The summed E-state index contributed by atoms with van der Waals surface area (Å²) in [5.74, 6) is -0.675. The summed E-state index contributed by atoms with van der Waals surface area (Å²) >= 11 is 0. The van der Waals surface area contributed by atoms with Crippen molar-refractivity contribution in [3.05, 3.63) is 96.1 Å². The molecule has 2 unspecified atom stereocenters. The van der Waals surface area contributed by atoms with Crippen molar-refractivity contribution in [2.75, 3.05) is 0 Å². The first-order valence-corrected chi connectivity index (χ1v) is 9.87. The lowest BCUT2D eigenvalue weighted by Crippen LogP contribution is -2.39. The van der Waals surface area contributed by atoms with Gasteiger partial charge in [-0.05, 0) is 5.56 Å². The lowest BCUT2D eigenvalue weighted by molar-refractivity contribution is 0.106. The highest BCUT2D eigenvalue weighted by Crippen LogP contribution is 2.41. The molecule has 0 fully saturated rings. The molecule has 0 amide bonds. The van der Waals surface area contributed by atoms with Crippen molar-refractivity contribution in [1.82, 2.24) is 0 Å². The highest BCUT2D eigenvalue weighted by molar-refractivity contribution is 7.86. The maximum atomic E-state index is 11.7. The Morgan fingerprint density at radius 1 is 1.04 bits per heavy atom. The minimum absolute atomic E-state index is 0.298. The lowest BCUT2D eigenvalue weighted by Gasteiger charge is -2.33. The van der Waals surface area contributed by atoms with Crippen molar-refractivity contribution in [3.63, 3.8) is 0 Å². The molecule has 0 aromatic heterocycles. The molecule has 2 atom stereocenters. The van der Waals surface area contributed by atoms with Crippen LogP contribution in [0.3, 0.4) is 0 Å². The molecule has 2 aromatic carbocycles. The zero-order chi connectivity index (χ0) is 20.6. The molecule has 1 N–H and O–H groups in total. The van der Waals surface area contributed by atoms with E-state index >= 15 is 0 Å². The predicted octanol–water partition coefficient (Wildman–Crippen LogP) is 3.73. The summed E-state index contributed by atoms with van der Waals surface area (Å²) < 4.78 is 33.6. The largest absolute Gasteiger partial charge is 0.411 e. The molecule has 0 bridgehead atoms. The first-order chi connectivity index (χ1) is 13.3. The number of oxime groups is 1. The number of hydrogen-bond acceptors (Lipinski definition) is 5. The quantitative estimate of drug-likeness (QED) is 0.367. The van der Waals surface area contributed by atoms with Crippen LogP contribution in [0.1, 0.15) is 22.8 Å². The van der Waals surface area contributed by atoms with Gasteiger partial charge < -0.3 is 5.21 Å². The molecule has 0 saturated carbocycles. The number of benzene rings is 2. The van der Waals surface area contributed by atoms with E-state index in [1.807, 2.05) is 6.07 Å². The van der Waals surface area contributed by atoms with Gasteiger partial charge in [-0.3, -0.25) is 4.79 Å². The predicted molar refractivity (Wildman–Crippen MR) is 106 cm³/mol. The Kier molecular flexibility index (Phi) is 7.03. The normalized spacial score (nSPS) is 21.1. The third-order valence-electron chi connectivity index (χ3n) is 4.40. The molecule has 28 heavy (non-hydrogen) atoms. The number of allylic oxidation sites excluding steroid dienone is 3. The van der Waals surface area contributed by atoms with Crippen LogP contribution in [0.5, 0.6) is 0 Å². The number of ketones is 1. The molecule has 145 valence electrons. The first kappa shape index (κ1) is 21.3. The van der Waals surface area contributed by atoms with Crippen LogP contribution < -0.4 is 0 Å². The average Bonchev–Trinajstić information content (AvgIpc) is 2.69. The summed E-state index contributed by atoms with van der Waals surface area (Å²) in [4.78, 5) is 10.9. The zero-order valence-electron chi connectivity index (χ0n) is 15.2. The Balaban J connectivity index is 0.000000221. The zero-order valence-corrected chi connectivity index (χ0v) is 16.0. The van der Waals surface area contributed by atoms with Crippen molar-refractivity contribution in [2.45, 2.75) is 11.7 Å². The number of rotatable bonds is 4. The average molecular weight is 398 g/mol. The molecule has 2 aromatic rings. The summed E-state index contributed by atoms with van der Waals surface area (Å²) in [6, 6.07) is 17.2. The molecule has 0 heterocycles. The molecular formula is C21H20NO5S. The van der Waals surface area contributed by atoms with Crippen LogP contribution in [0.4, 0.5) is 0 Å². The van der Waals surface area contributed by atoms with Crippen molar-refractivity contribution in [2.24, 2.45) is 11.1 Å². The summed E-state index contributed by atoms with van der Waals surface area (Å²) in [5.41, 5.74) is 1.04. The van der Waals surface area contributed by atoms with Crippen LogP contribution in [-0.2, 0) is 19.4 Å². The Morgan fingerprint density at radius 2 is 1.61 bits per heavy atom. The molecule has 3 rings (SSSR count). The van der Waals surface area contributed by atoms with Gasteiger partial charge in [0.25, 0.3) is 0 Å². The maximum absolute atomic E-state index is 11.7. The van der Waals surface area contributed by atoms with Gasteiger partial charge in [0.05, 0.1) is 0 Å². The van der Waals surface area contributed by atoms with Crippen LogP contribution >= 0.6 is 0 Å². The fourth-order valence-corrected chi connectivity index (χ4v) is 4.17. The number of carbonyl (C=O) groups excluding carboxylic acids is 1. The van der Waals surface area contributed by atoms with Gasteiger partial charge in [0, 0.05) is 11.5 Å². The Bertz CT molecular complexity index is 982. The van der Waals surface area contributed by atoms with Gasteiger partial charge in [0.1, 0.15) is 11.0 Å². The number of nitrogens with zero attached hydrogens (tertiary/aromatic N) is 1. The molecule has 1 aliphatic rings. The fourth-order valence-electron chi connectivity index (χ4n) is 2.97. The SMILES string of the molecule is CC1C=CC=CC1(c1ccccc1)S([O])(=O)=O.O=C(C=NO)c1ccccc1. The van der Waals surface area contributed by atoms with Gasteiger partial charge >= 0.3 is 10.1 Å². The van der Waals surface area contributed by atoms with Gasteiger partial charge in [-0.2, -0.15) is 8.42 Å². The van der Waals surface area contributed by atoms with Crippen molar-refractivity contribution >= 4 is 22.1 Å². The standard InChI is InChI=1S/C13H13O3S.C8H7NO2/c1-11-7-5-6-10-13(11,17(14,15)16)12-8-3-2-4-9-12;10-8(6-9-11)7-4-2-1-3-5-7/h2-11H,1H3;1-6,11H. The van der Waals surface area contributed by atoms with Gasteiger partial charge in [0.15, 0.2) is 0 Å². The monoisotopic (exact) mass is 398 g/mol. The second kappa shape index (κ2) is 9.25. The Morgan fingerprint density at radius 3 is 2.11 bits per heavy atom. The highest BCUT2D eigenvalue weighted by atomic mass is 32.2. The second-order valence-electron chi connectivity index (χ2n) is 6.12. The van der Waals surface area contributed by atoms with Crippen LogP contribution in [0, 0.1) is 5.92 Å². The first-order valence-electron chi connectivity index (χ1n) is 8.46. The summed E-state index contributed by atoms with van der Waals surface area (Å²) in [6.07, 6.45) is 7.46. The van der Waals surface area contributed by atoms with Crippen LogP contribution in [-0.4, -0.2) is 25.6 Å². The van der Waals surface area contributed by atoms with Crippen LogP contribution in [0.15, 0.2) is 90.1 Å². The van der Waals surface area contributed by atoms with E-state index in [-0.39, 0.29) is 11.7 Å². The summed E-state index contributed by atoms with van der Waals surface area (Å²) in [5, 5.41) is 10.7. The second-order valence-corrected chi connectivity index (χ2v) is 7.70. The van der Waals surface area contributed by atoms with Gasteiger partial charge in [-0.25, -0.2) is 0 Å². The number of Topliss-reactive ketones (excluding diaryl/α,β-unsaturated/α-hetero) is 1. The highest BCUT2D eigenvalue weighted by Gasteiger charge is 2.48. The molecule has 0 aliphatic heterocycles. The third-order valence-corrected chi connectivity index (χ3v) is 5.97. The smallest absolute Gasteiger partial charge is 0.308 e. The number of carbonyl (C=O) groups is 1. The van der Waals surface area contributed by atoms with Crippen LogP contribution in [0.2, 0.25) is 0 Å². The summed E-state index contributed by atoms with van der Waals surface area (Å²) in [7, 11) is -4.48. The fraction of sp³-hybridized carbons (Fsp3) is 0.143. The molecule has 6 nitrogen and oxygen atoms in total. The molecule has 0 saturated heterocycles. The van der Waals surface area contributed by atoms with Crippen molar-refractivity contribution in [1.29, 1.82) is 0 Å². The van der Waals surface area contributed by atoms with E-state index in [2.05, 4.69) is 5.16 Å². The third kappa shape index (κ3) is 4.62. The minimum Gasteiger partial charge on any atom is -0.411 e. The summed E-state index contributed by atoms with van der Waals surface area (Å²) in [6.45, 7) is 1.74. The van der Waals surface area contributed by atoms with E-state index in [9.17, 15) is 17.8 Å². The molecule has 7 heteroatoms. The van der Waals surface area contributed by atoms with E-state index in [0.717, 1.165) is 6.21 Å². The Labute approximate surface area is 164 Å². The molecule has 1 aliphatic carbocycles. The van der Waals surface area contributed by atoms with E-state index in [1.54, 1.807) is 79.7 Å². The molecule has 0 spiro atoms. The van der Waals surface area contributed by atoms with E-state index in [0.29, 0.717) is 11.1 Å². The lowest BCUT2D eigenvalue weighted by atomic mass is 9.83. The number of hydrogen-bond donors (Lipinski definition) is 1.